The zero-order chi connectivity index (χ0) is 42.3. The summed E-state index contributed by atoms with van der Waals surface area (Å²) >= 11 is 3.38. The number of fused-ring (bicyclic) bond motifs is 1. The highest BCUT2D eigenvalue weighted by molar-refractivity contribution is 8.01. The van der Waals surface area contributed by atoms with Crippen molar-refractivity contribution in [3.63, 3.8) is 0 Å². The quantitative estimate of drug-likeness (QED) is 0.0871. The van der Waals surface area contributed by atoms with E-state index in [9.17, 15) is 18.3 Å². The molecular weight excluding hydrogens is 823 g/mol. The van der Waals surface area contributed by atoms with Gasteiger partial charge < -0.3 is 19.9 Å². The fourth-order valence-corrected chi connectivity index (χ4v) is 10.9. The molecule has 1 fully saturated rings. The van der Waals surface area contributed by atoms with Crippen LogP contribution >= 0.6 is 23.1 Å². The fourth-order valence-electron chi connectivity index (χ4n) is 7.47. The maximum absolute atomic E-state index is 13.8. The molecule has 312 valence electrons. The van der Waals surface area contributed by atoms with Crippen LogP contribution in [-0.4, -0.2) is 42.3 Å². The molecule has 7 aromatic rings. The number of aliphatic hydroxyl groups excluding tert-OH is 1. The summed E-state index contributed by atoms with van der Waals surface area (Å²) in [6.45, 7) is 4.21. The lowest BCUT2D eigenvalue weighted by atomic mass is 9.91. The average molecular weight is 870 g/mol. The molecule has 2 heterocycles. The smallest absolute Gasteiger partial charge is 0.241 e. The normalized spacial score (nSPS) is 18.5. The second-order valence-electron chi connectivity index (χ2n) is 15.3. The van der Waals surface area contributed by atoms with Gasteiger partial charge in [-0.05, 0) is 71.0 Å². The van der Waals surface area contributed by atoms with Crippen LogP contribution in [0.25, 0.3) is 21.3 Å². The van der Waals surface area contributed by atoms with Gasteiger partial charge in [-0.2, -0.15) is 4.72 Å². The van der Waals surface area contributed by atoms with E-state index in [2.05, 4.69) is 23.0 Å². The number of hydrogen-bond acceptors (Lipinski definition) is 9. The molecule has 12 heteroatoms. The molecule has 3 N–H and O–H groups in total. The number of aromatic nitrogens is 1. The molecule has 5 atom stereocenters. The number of para-hydroxylation sites is 1. The third-order valence-corrected chi connectivity index (χ3v) is 14.7. The Morgan fingerprint density at radius 1 is 0.803 bits per heavy atom. The Morgan fingerprint density at radius 3 is 2.23 bits per heavy atom. The van der Waals surface area contributed by atoms with Crippen molar-refractivity contribution in [1.29, 1.82) is 0 Å². The lowest BCUT2D eigenvalue weighted by molar-refractivity contribution is -0.268. The summed E-state index contributed by atoms with van der Waals surface area (Å²) in [5, 5.41) is 12.7. The van der Waals surface area contributed by atoms with E-state index in [1.807, 2.05) is 128 Å². The zero-order valence-corrected chi connectivity index (χ0v) is 36.3. The lowest BCUT2D eigenvalue weighted by Crippen LogP contribution is -2.47. The molecule has 9 nitrogen and oxygen atoms in total. The minimum absolute atomic E-state index is 0.0266. The van der Waals surface area contributed by atoms with Crippen molar-refractivity contribution in [1.82, 2.24) is 15.0 Å². The van der Waals surface area contributed by atoms with Gasteiger partial charge in [0, 0.05) is 23.8 Å². The predicted molar refractivity (Wildman–Crippen MR) is 242 cm³/mol. The van der Waals surface area contributed by atoms with Gasteiger partial charge in [0.1, 0.15) is 6.04 Å². The number of nitrogens with one attached hydrogen (secondary N) is 2. The molecule has 0 bridgehead atoms. The molecule has 1 amide bonds. The lowest BCUT2D eigenvalue weighted by Gasteiger charge is -2.41. The van der Waals surface area contributed by atoms with Crippen molar-refractivity contribution in [3.05, 3.63) is 185 Å². The van der Waals surface area contributed by atoms with Crippen molar-refractivity contribution >= 4 is 49.2 Å². The van der Waals surface area contributed by atoms with Crippen LogP contribution in [-0.2, 0) is 43.9 Å². The third-order valence-electron chi connectivity index (χ3n) is 11.0. The van der Waals surface area contributed by atoms with Crippen LogP contribution in [0.3, 0.4) is 0 Å². The van der Waals surface area contributed by atoms with Gasteiger partial charge in [0.15, 0.2) is 10.6 Å². The van der Waals surface area contributed by atoms with E-state index in [1.54, 1.807) is 47.4 Å². The van der Waals surface area contributed by atoms with Crippen LogP contribution in [0.1, 0.15) is 52.7 Å². The van der Waals surface area contributed by atoms with Gasteiger partial charge >= 0.3 is 0 Å². The summed E-state index contributed by atoms with van der Waals surface area (Å²) in [6.07, 6.45) is -0.840. The molecule has 1 aliphatic heterocycles. The number of ether oxygens (including phenoxy) is 2. The second-order valence-corrected chi connectivity index (χ2v) is 19.3. The number of aryl methyl sites for hydroxylation is 1. The number of rotatable bonds is 15. The molecule has 0 unspecified atom stereocenters. The van der Waals surface area contributed by atoms with Crippen molar-refractivity contribution in [2.45, 2.75) is 67.2 Å². The van der Waals surface area contributed by atoms with Gasteiger partial charge in [-0.1, -0.05) is 152 Å². The van der Waals surface area contributed by atoms with Crippen LogP contribution < -0.4 is 10.0 Å². The largest absolute Gasteiger partial charge is 0.392 e. The maximum atomic E-state index is 13.8. The van der Waals surface area contributed by atoms with E-state index in [0.29, 0.717) is 5.75 Å². The number of carbonyl (C=O) groups excluding carboxylic acids is 1. The number of nitrogens with zero attached hydrogens (tertiary/aromatic N) is 1. The summed E-state index contributed by atoms with van der Waals surface area (Å²) in [5.41, 5.74) is 8.25. The number of carbonyl (C=O) groups is 1. The summed E-state index contributed by atoms with van der Waals surface area (Å²) < 4.78 is 45.2. The first-order valence-electron chi connectivity index (χ1n) is 20.2. The summed E-state index contributed by atoms with van der Waals surface area (Å²) in [7, 11) is -3.98. The SMILES string of the molecule is Cc1ccc(S(=O)(=O)N[C@H](Cc2ccccc2)C(=O)NCc2ccccc2-c2ccc([C@H]3O[C@@H](CSc4nc5ccccc5s4)[C@@H](C)[C@@H](c4ccc(CO)cc4)O3)cc2)cc1. The van der Waals surface area contributed by atoms with Crippen LogP contribution in [0.15, 0.2) is 161 Å². The predicted octanol–water partition coefficient (Wildman–Crippen LogP) is 9.55. The maximum Gasteiger partial charge on any atom is 0.241 e. The molecule has 1 aromatic heterocycles. The van der Waals surface area contributed by atoms with E-state index in [-0.39, 0.29) is 42.6 Å². The Bertz CT molecular complexity index is 2640. The molecular formula is C49H47N3O6S3. The van der Waals surface area contributed by atoms with E-state index in [0.717, 1.165) is 59.1 Å². The van der Waals surface area contributed by atoms with Crippen LogP contribution in [0, 0.1) is 12.8 Å². The Balaban J connectivity index is 0.991. The van der Waals surface area contributed by atoms with E-state index < -0.39 is 28.3 Å². The number of benzene rings is 6. The molecule has 0 saturated carbocycles. The van der Waals surface area contributed by atoms with E-state index in [1.165, 1.54) is 0 Å². The molecule has 8 rings (SSSR count). The topological polar surface area (TPSA) is 127 Å². The van der Waals surface area contributed by atoms with Crippen molar-refractivity contribution in [2.24, 2.45) is 5.92 Å². The highest BCUT2D eigenvalue weighted by atomic mass is 32.2. The van der Waals surface area contributed by atoms with E-state index >= 15 is 0 Å². The molecule has 61 heavy (non-hydrogen) atoms. The van der Waals surface area contributed by atoms with Crippen LogP contribution in [0.4, 0.5) is 0 Å². The zero-order valence-electron chi connectivity index (χ0n) is 33.8. The monoisotopic (exact) mass is 869 g/mol. The summed E-state index contributed by atoms with van der Waals surface area (Å²) in [5.74, 6) is 0.301. The first kappa shape index (κ1) is 42.5. The Kier molecular flexibility index (Phi) is 13.4. The second kappa shape index (κ2) is 19.3. The van der Waals surface area contributed by atoms with Gasteiger partial charge in [-0.25, -0.2) is 13.4 Å². The van der Waals surface area contributed by atoms with Gasteiger partial charge in [-0.3, -0.25) is 4.79 Å². The molecule has 6 aromatic carbocycles. The Morgan fingerprint density at radius 2 is 1.49 bits per heavy atom. The van der Waals surface area contributed by atoms with Crippen molar-refractivity contribution < 1.29 is 27.8 Å². The van der Waals surface area contributed by atoms with Gasteiger partial charge in [0.05, 0.1) is 33.9 Å². The number of thioether (sulfide) groups is 1. The number of aliphatic hydroxyl groups is 1. The highest BCUT2D eigenvalue weighted by Crippen LogP contribution is 2.44. The van der Waals surface area contributed by atoms with E-state index in [4.69, 9.17) is 14.5 Å². The molecule has 1 saturated heterocycles. The standard InChI is InChI=1S/C49H47N3O6S3/c1-32-16-26-40(27-17-32)61(55,56)52-43(28-34-10-4-3-5-11-34)47(54)50-29-39-12-6-7-13-41(39)36-22-24-38(25-23-36)48-57-44(31-59-49-51-42-14-8-9-15-45(42)60-49)33(2)46(58-48)37-20-18-35(30-53)19-21-37/h3-27,33,43-44,46,48,52-53H,28-31H2,1-2H3,(H,50,54)/t33-,43-,44+,46+,48+/m1/s1. The number of thiazole rings is 1. The van der Waals surface area contributed by atoms with Crippen molar-refractivity contribution in [2.75, 3.05) is 5.75 Å². The molecule has 1 aliphatic rings. The average Bonchev–Trinajstić information content (AvgIpc) is 3.71. The summed E-state index contributed by atoms with van der Waals surface area (Å²) in [6, 6.07) is 46.9. The van der Waals surface area contributed by atoms with Gasteiger partial charge in [0.2, 0.25) is 15.9 Å². The number of amides is 1. The molecule has 0 radical (unpaired) electrons. The first-order valence-corrected chi connectivity index (χ1v) is 23.5. The van der Waals surface area contributed by atoms with Gasteiger partial charge in [0.25, 0.3) is 0 Å². The van der Waals surface area contributed by atoms with Crippen LogP contribution in [0.5, 0.6) is 0 Å². The Labute approximate surface area is 365 Å². The Hall–Kier alpha value is -5.18. The molecule has 0 spiro atoms. The highest BCUT2D eigenvalue weighted by Gasteiger charge is 2.38. The van der Waals surface area contributed by atoms with Gasteiger partial charge in [-0.15, -0.1) is 11.3 Å². The molecule has 0 aliphatic carbocycles. The van der Waals surface area contributed by atoms with Crippen LogP contribution in [0.2, 0.25) is 0 Å². The first-order chi connectivity index (χ1) is 29.6. The third kappa shape index (κ3) is 10.3. The number of sulfonamides is 1. The number of hydrogen-bond donors (Lipinski definition) is 3. The fraction of sp³-hybridized carbons (Fsp3) is 0.224. The summed E-state index contributed by atoms with van der Waals surface area (Å²) in [4.78, 5) is 18.8. The van der Waals surface area contributed by atoms with Crippen molar-refractivity contribution in [3.8, 4) is 11.1 Å². The minimum Gasteiger partial charge on any atom is -0.392 e. The minimum atomic E-state index is -3.98.